The molecule has 2 aliphatic rings. The molecule has 1 aliphatic heterocycles. The SMILES string of the molecule is CN1CCN(c2cc(CN[C@@H]3C[C@H]3c3ccc(F)cc3)nc(-c3ccc(C#N)cc3)n2)CC1. The van der Waals surface area contributed by atoms with E-state index in [2.05, 4.69) is 34.3 Å². The Morgan fingerprint density at radius 1 is 1.03 bits per heavy atom. The minimum absolute atomic E-state index is 0.198. The molecule has 0 unspecified atom stereocenters. The van der Waals surface area contributed by atoms with Crippen molar-refractivity contribution in [1.29, 1.82) is 5.26 Å². The highest BCUT2D eigenvalue weighted by molar-refractivity contribution is 5.59. The van der Waals surface area contributed by atoms with E-state index < -0.39 is 0 Å². The van der Waals surface area contributed by atoms with Crippen LogP contribution in [-0.4, -0.2) is 54.1 Å². The average Bonchev–Trinajstić information content (AvgIpc) is 3.63. The first-order valence-corrected chi connectivity index (χ1v) is 11.4. The fourth-order valence-electron chi connectivity index (χ4n) is 4.33. The number of anilines is 1. The normalized spacial score (nSPS) is 20.5. The van der Waals surface area contributed by atoms with Gasteiger partial charge in [-0.05, 0) is 55.4 Å². The number of aromatic nitrogens is 2. The van der Waals surface area contributed by atoms with E-state index in [1.165, 1.54) is 17.7 Å². The van der Waals surface area contributed by atoms with Crippen LogP contribution in [0.4, 0.5) is 10.2 Å². The van der Waals surface area contributed by atoms with E-state index in [1.54, 1.807) is 12.1 Å². The standard InChI is InChI=1S/C26H27FN6/c1-32-10-12-33(13-11-32)25-14-22(30-26(31-25)20-4-2-18(16-28)3-5-20)17-29-24-15-23(24)19-6-8-21(27)9-7-19/h2-9,14,23-24,29H,10-13,15,17H2,1H3/t23-,24+/m0/s1. The predicted octanol–water partition coefficient (Wildman–Crippen LogP) is 3.55. The molecule has 33 heavy (non-hydrogen) atoms. The first-order chi connectivity index (χ1) is 16.1. The minimum atomic E-state index is -0.198. The monoisotopic (exact) mass is 442 g/mol. The van der Waals surface area contributed by atoms with Crippen LogP contribution in [-0.2, 0) is 6.54 Å². The Balaban J connectivity index is 1.34. The summed E-state index contributed by atoms with van der Waals surface area (Å²) in [7, 11) is 2.14. The van der Waals surface area contributed by atoms with Crippen molar-refractivity contribution in [3.05, 3.63) is 77.2 Å². The lowest BCUT2D eigenvalue weighted by atomic mass is 10.1. The van der Waals surface area contributed by atoms with Gasteiger partial charge in [0.1, 0.15) is 11.6 Å². The van der Waals surface area contributed by atoms with Gasteiger partial charge in [0.2, 0.25) is 0 Å². The molecule has 168 valence electrons. The summed E-state index contributed by atoms with van der Waals surface area (Å²) in [5.41, 5.74) is 3.65. The summed E-state index contributed by atoms with van der Waals surface area (Å²) in [5.74, 6) is 1.85. The molecule has 0 bridgehead atoms. The summed E-state index contributed by atoms with van der Waals surface area (Å²) in [6.45, 7) is 4.52. The molecule has 7 heteroatoms. The average molecular weight is 443 g/mol. The van der Waals surface area contributed by atoms with Gasteiger partial charge in [0.25, 0.3) is 0 Å². The lowest BCUT2D eigenvalue weighted by Gasteiger charge is -2.33. The van der Waals surface area contributed by atoms with Crippen molar-refractivity contribution in [2.24, 2.45) is 0 Å². The van der Waals surface area contributed by atoms with Crippen molar-refractivity contribution < 1.29 is 4.39 Å². The van der Waals surface area contributed by atoms with Crippen LogP contribution in [0.15, 0.2) is 54.6 Å². The Kier molecular flexibility index (Phi) is 6.03. The van der Waals surface area contributed by atoms with Gasteiger partial charge < -0.3 is 15.1 Å². The van der Waals surface area contributed by atoms with E-state index in [1.807, 2.05) is 24.3 Å². The number of nitrogens with zero attached hydrogens (tertiary/aromatic N) is 5. The summed E-state index contributed by atoms with van der Waals surface area (Å²) < 4.78 is 13.2. The number of hydrogen-bond donors (Lipinski definition) is 1. The summed E-state index contributed by atoms with van der Waals surface area (Å²) in [5, 5.41) is 12.7. The van der Waals surface area contributed by atoms with E-state index in [0.29, 0.717) is 29.9 Å². The zero-order chi connectivity index (χ0) is 22.8. The minimum Gasteiger partial charge on any atom is -0.354 e. The summed E-state index contributed by atoms with van der Waals surface area (Å²) in [6.07, 6.45) is 1.05. The zero-order valence-corrected chi connectivity index (χ0v) is 18.7. The molecular formula is C26H27FN6. The van der Waals surface area contributed by atoms with Crippen molar-refractivity contribution >= 4 is 5.82 Å². The maximum Gasteiger partial charge on any atom is 0.161 e. The van der Waals surface area contributed by atoms with Crippen molar-refractivity contribution in [3.63, 3.8) is 0 Å². The topological polar surface area (TPSA) is 68.1 Å². The van der Waals surface area contributed by atoms with Crippen molar-refractivity contribution in [2.75, 3.05) is 38.1 Å². The molecular weight excluding hydrogens is 415 g/mol. The predicted molar refractivity (Wildman–Crippen MR) is 126 cm³/mol. The lowest BCUT2D eigenvalue weighted by Crippen LogP contribution is -2.45. The van der Waals surface area contributed by atoms with Crippen LogP contribution in [0.2, 0.25) is 0 Å². The molecule has 1 N–H and O–H groups in total. The summed E-state index contributed by atoms with van der Waals surface area (Å²) >= 11 is 0. The van der Waals surface area contributed by atoms with Crippen molar-refractivity contribution in [1.82, 2.24) is 20.2 Å². The van der Waals surface area contributed by atoms with Gasteiger partial charge in [-0.15, -0.1) is 0 Å². The first kappa shape index (κ1) is 21.5. The molecule has 1 saturated heterocycles. The highest BCUT2D eigenvalue weighted by Crippen LogP contribution is 2.41. The van der Waals surface area contributed by atoms with Gasteiger partial charge in [-0.2, -0.15) is 5.26 Å². The van der Waals surface area contributed by atoms with Crippen LogP contribution in [0.3, 0.4) is 0 Å². The van der Waals surface area contributed by atoms with Gasteiger partial charge in [0, 0.05) is 56.3 Å². The van der Waals surface area contributed by atoms with E-state index in [4.69, 9.17) is 15.2 Å². The fraction of sp³-hybridized carbons (Fsp3) is 0.346. The molecule has 1 saturated carbocycles. The zero-order valence-electron chi connectivity index (χ0n) is 18.7. The molecule has 0 spiro atoms. The first-order valence-electron chi connectivity index (χ1n) is 11.4. The molecule has 0 radical (unpaired) electrons. The van der Waals surface area contributed by atoms with Gasteiger partial charge in [-0.25, -0.2) is 14.4 Å². The van der Waals surface area contributed by atoms with E-state index in [0.717, 1.165) is 49.7 Å². The maximum absolute atomic E-state index is 13.2. The van der Waals surface area contributed by atoms with E-state index in [9.17, 15) is 4.39 Å². The lowest BCUT2D eigenvalue weighted by molar-refractivity contribution is 0.312. The Bertz CT molecular complexity index is 1150. The van der Waals surface area contributed by atoms with Crippen LogP contribution in [0.25, 0.3) is 11.4 Å². The number of benzene rings is 2. The molecule has 1 aromatic heterocycles. The number of rotatable bonds is 6. The van der Waals surface area contributed by atoms with Gasteiger partial charge in [0.15, 0.2) is 5.82 Å². The second-order valence-corrected chi connectivity index (χ2v) is 8.90. The maximum atomic E-state index is 13.2. The number of piperazine rings is 1. The summed E-state index contributed by atoms with van der Waals surface area (Å²) in [6, 6.07) is 18.8. The van der Waals surface area contributed by atoms with Crippen LogP contribution < -0.4 is 10.2 Å². The largest absolute Gasteiger partial charge is 0.354 e. The highest BCUT2D eigenvalue weighted by Gasteiger charge is 2.37. The third-order valence-electron chi connectivity index (χ3n) is 6.50. The Labute approximate surface area is 193 Å². The van der Waals surface area contributed by atoms with Gasteiger partial charge in [-0.3, -0.25) is 0 Å². The summed E-state index contributed by atoms with van der Waals surface area (Å²) in [4.78, 5) is 14.3. The molecule has 1 aliphatic carbocycles. The van der Waals surface area contributed by atoms with Crippen molar-refractivity contribution in [2.45, 2.75) is 24.9 Å². The Morgan fingerprint density at radius 2 is 1.76 bits per heavy atom. The number of halogens is 1. The third-order valence-corrected chi connectivity index (χ3v) is 6.50. The third kappa shape index (κ3) is 5.03. The molecule has 3 aromatic rings. The van der Waals surface area contributed by atoms with Crippen LogP contribution in [0.1, 0.15) is 29.2 Å². The Morgan fingerprint density at radius 3 is 2.45 bits per heavy atom. The van der Waals surface area contributed by atoms with Crippen LogP contribution in [0.5, 0.6) is 0 Å². The van der Waals surface area contributed by atoms with Gasteiger partial charge in [0.05, 0.1) is 17.3 Å². The van der Waals surface area contributed by atoms with Crippen LogP contribution in [0, 0.1) is 17.1 Å². The number of nitrogens with one attached hydrogen (secondary N) is 1. The van der Waals surface area contributed by atoms with E-state index in [-0.39, 0.29) is 5.82 Å². The number of nitriles is 1. The molecule has 2 heterocycles. The molecule has 6 nitrogen and oxygen atoms in total. The molecule has 5 rings (SSSR count). The second kappa shape index (κ2) is 9.26. The van der Waals surface area contributed by atoms with Crippen LogP contribution >= 0.6 is 0 Å². The fourth-order valence-corrected chi connectivity index (χ4v) is 4.33. The number of likely N-dealkylation sites (N-methyl/N-ethyl adjacent to an activating group) is 1. The molecule has 2 atom stereocenters. The van der Waals surface area contributed by atoms with E-state index >= 15 is 0 Å². The Hall–Kier alpha value is -3.34. The quantitative estimate of drug-likeness (QED) is 0.630. The van der Waals surface area contributed by atoms with Crippen molar-refractivity contribution in [3.8, 4) is 17.5 Å². The molecule has 2 fully saturated rings. The molecule has 0 amide bonds. The number of hydrogen-bond acceptors (Lipinski definition) is 6. The second-order valence-electron chi connectivity index (χ2n) is 8.90. The highest BCUT2D eigenvalue weighted by atomic mass is 19.1. The smallest absolute Gasteiger partial charge is 0.161 e. The van der Waals surface area contributed by atoms with Gasteiger partial charge >= 0.3 is 0 Å². The molecule has 2 aromatic carbocycles. The van der Waals surface area contributed by atoms with Gasteiger partial charge in [-0.1, -0.05) is 12.1 Å².